The molecular weight excluding hydrogens is 425 g/mol. The van der Waals surface area contributed by atoms with Crippen molar-refractivity contribution in [2.24, 2.45) is 0 Å². The van der Waals surface area contributed by atoms with E-state index in [9.17, 15) is 22.8 Å². The number of amides is 1. The fourth-order valence-corrected chi connectivity index (χ4v) is 2.73. The number of alkyl halides is 3. The van der Waals surface area contributed by atoms with Crippen molar-refractivity contribution in [2.45, 2.75) is 25.7 Å². The number of anilines is 1. The van der Waals surface area contributed by atoms with Crippen LogP contribution < -0.4 is 15.4 Å². The van der Waals surface area contributed by atoms with E-state index in [0.29, 0.717) is 5.75 Å². The van der Waals surface area contributed by atoms with Gasteiger partial charge >= 0.3 is 17.8 Å². The highest BCUT2D eigenvalue weighted by molar-refractivity contribution is 6.31. The van der Waals surface area contributed by atoms with Gasteiger partial charge in [-0.15, -0.1) is 0 Å². The summed E-state index contributed by atoms with van der Waals surface area (Å²) in [6.07, 6.45) is -5.25. The Bertz CT molecular complexity index is 919. The van der Waals surface area contributed by atoms with Crippen LogP contribution in [0.3, 0.4) is 0 Å². The zero-order valence-electron chi connectivity index (χ0n) is 16.4. The standard InChI is InChI=1S/C20H20ClF3N2O4/c1-4-30-18(28)19(20(22,23)24,25-16-7-5-6-15(21)12(16)2)26-17(27)13-8-10-14(29-3)11-9-13/h5-11,25H,4H2,1-3H3,(H,26,27)/t19-/m0/s1. The van der Waals surface area contributed by atoms with Gasteiger partial charge in [-0.3, -0.25) is 4.79 Å². The predicted octanol–water partition coefficient (Wildman–Crippen LogP) is 4.32. The molecule has 0 aliphatic carbocycles. The van der Waals surface area contributed by atoms with Crippen LogP contribution in [0.1, 0.15) is 22.8 Å². The maximum Gasteiger partial charge on any atom is 0.441 e. The van der Waals surface area contributed by atoms with E-state index in [4.69, 9.17) is 16.3 Å². The zero-order chi connectivity index (χ0) is 22.5. The van der Waals surface area contributed by atoms with Gasteiger partial charge < -0.3 is 20.1 Å². The Morgan fingerprint density at radius 2 is 1.73 bits per heavy atom. The predicted molar refractivity (Wildman–Crippen MR) is 106 cm³/mol. The minimum Gasteiger partial charge on any atom is -0.497 e. The van der Waals surface area contributed by atoms with E-state index in [0.717, 1.165) is 0 Å². The van der Waals surface area contributed by atoms with Crippen molar-refractivity contribution in [3.63, 3.8) is 0 Å². The van der Waals surface area contributed by atoms with Crippen LogP contribution in [0.4, 0.5) is 18.9 Å². The van der Waals surface area contributed by atoms with Crippen LogP contribution in [-0.2, 0) is 9.53 Å². The van der Waals surface area contributed by atoms with Crippen LogP contribution >= 0.6 is 11.6 Å². The van der Waals surface area contributed by atoms with Crippen LogP contribution in [-0.4, -0.2) is 37.4 Å². The molecule has 0 unspecified atom stereocenters. The molecule has 0 heterocycles. The molecule has 0 saturated carbocycles. The number of carbonyl (C=O) groups is 2. The van der Waals surface area contributed by atoms with Gasteiger partial charge in [-0.25, -0.2) is 4.79 Å². The van der Waals surface area contributed by atoms with Crippen molar-refractivity contribution >= 4 is 29.2 Å². The lowest BCUT2D eigenvalue weighted by molar-refractivity contribution is -0.204. The molecule has 1 amide bonds. The van der Waals surface area contributed by atoms with Crippen molar-refractivity contribution < 1.29 is 32.2 Å². The summed E-state index contributed by atoms with van der Waals surface area (Å²) in [7, 11) is 1.40. The molecule has 2 N–H and O–H groups in total. The number of ether oxygens (including phenoxy) is 2. The van der Waals surface area contributed by atoms with Crippen LogP contribution in [0, 0.1) is 6.92 Å². The summed E-state index contributed by atoms with van der Waals surface area (Å²) in [6, 6.07) is 9.55. The van der Waals surface area contributed by atoms with Gasteiger partial charge in [-0.2, -0.15) is 13.2 Å². The molecule has 2 rings (SSSR count). The van der Waals surface area contributed by atoms with Crippen molar-refractivity contribution in [3.05, 3.63) is 58.6 Å². The fraction of sp³-hybridized carbons (Fsp3) is 0.300. The average molecular weight is 445 g/mol. The lowest BCUT2D eigenvalue weighted by Crippen LogP contribution is -2.69. The number of rotatable bonds is 7. The second-order valence-electron chi connectivity index (χ2n) is 6.19. The maximum atomic E-state index is 14.2. The molecule has 2 aromatic rings. The van der Waals surface area contributed by atoms with Gasteiger partial charge in [0.25, 0.3) is 5.91 Å². The van der Waals surface area contributed by atoms with Gasteiger partial charge in [-0.1, -0.05) is 17.7 Å². The second-order valence-corrected chi connectivity index (χ2v) is 6.60. The van der Waals surface area contributed by atoms with Crippen LogP contribution in [0.25, 0.3) is 0 Å². The molecule has 0 aliphatic rings. The lowest BCUT2D eigenvalue weighted by Gasteiger charge is -2.35. The molecule has 6 nitrogen and oxygen atoms in total. The molecule has 0 aliphatic heterocycles. The molecule has 1 atom stereocenters. The van der Waals surface area contributed by atoms with Crippen LogP contribution in [0.5, 0.6) is 5.75 Å². The van der Waals surface area contributed by atoms with Gasteiger partial charge in [0, 0.05) is 16.3 Å². The van der Waals surface area contributed by atoms with E-state index in [1.54, 1.807) is 5.32 Å². The third-order valence-corrected chi connectivity index (χ3v) is 4.66. The van der Waals surface area contributed by atoms with E-state index in [1.165, 1.54) is 63.4 Å². The molecular formula is C20H20ClF3N2O4. The molecule has 2 aromatic carbocycles. The largest absolute Gasteiger partial charge is 0.497 e. The lowest BCUT2D eigenvalue weighted by atomic mass is 10.1. The second kappa shape index (κ2) is 9.25. The van der Waals surface area contributed by atoms with Gasteiger partial charge in [-0.05, 0) is 55.8 Å². The summed E-state index contributed by atoms with van der Waals surface area (Å²) >= 11 is 5.99. The average Bonchev–Trinajstić information content (AvgIpc) is 2.70. The molecule has 0 aromatic heterocycles. The van der Waals surface area contributed by atoms with E-state index in [-0.39, 0.29) is 28.4 Å². The zero-order valence-corrected chi connectivity index (χ0v) is 17.1. The monoisotopic (exact) mass is 444 g/mol. The van der Waals surface area contributed by atoms with Gasteiger partial charge in [0.15, 0.2) is 0 Å². The minimum absolute atomic E-state index is 0.0945. The van der Waals surface area contributed by atoms with Gasteiger partial charge in [0.2, 0.25) is 0 Å². The number of benzene rings is 2. The topological polar surface area (TPSA) is 76.7 Å². The first kappa shape index (κ1) is 23.3. The van der Waals surface area contributed by atoms with Crippen molar-refractivity contribution in [1.29, 1.82) is 0 Å². The molecule has 162 valence electrons. The number of nitrogens with one attached hydrogen (secondary N) is 2. The van der Waals surface area contributed by atoms with E-state index in [2.05, 4.69) is 10.1 Å². The molecule has 30 heavy (non-hydrogen) atoms. The minimum atomic E-state index is -5.25. The first-order chi connectivity index (χ1) is 14.1. The number of hydrogen-bond acceptors (Lipinski definition) is 5. The Morgan fingerprint density at radius 3 is 2.27 bits per heavy atom. The van der Waals surface area contributed by atoms with E-state index in [1.807, 2.05) is 0 Å². The summed E-state index contributed by atoms with van der Waals surface area (Å²) in [5, 5.41) is 4.06. The Hall–Kier alpha value is -2.94. The quantitative estimate of drug-likeness (QED) is 0.491. The number of methoxy groups -OCH3 is 1. The Balaban J connectivity index is 2.53. The van der Waals surface area contributed by atoms with Crippen molar-refractivity contribution in [3.8, 4) is 5.75 Å². The number of carbonyl (C=O) groups excluding carboxylic acids is 2. The molecule has 10 heteroatoms. The number of halogens is 4. The number of esters is 1. The summed E-state index contributed by atoms with van der Waals surface area (Å²) < 4.78 is 52.3. The van der Waals surface area contributed by atoms with Crippen LogP contribution in [0.2, 0.25) is 5.02 Å². The normalized spacial score (nSPS) is 13.2. The molecule has 0 saturated heterocycles. The third-order valence-electron chi connectivity index (χ3n) is 4.25. The SMILES string of the molecule is CCOC(=O)[C@@](NC(=O)c1ccc(OC)cc1)(Nc1cccc(Cl)c1C)C(F)(F)F. The molecule has 0 radical (unpaired) electrons. The highest BCUT2D eigenvalue weighted by atomic mass is 35.5. The van der Waals surface area contributed by atoms with Gasteiger partial charge in [0.1, 0.15) is 5.75 Å². The summed E-state index contributed by atoms with van der Waals surface area (Å²) in [4.78, 5) is 25.1. The summed E-state index contributed by atoms with van der Waals surface area (Å²) in [5.41, 5.74) is -3.49. The summed E-state index contributed by atoms with van der Waals surface area (Å²) in [5.74, 6) is -2.44. The highest BCUT2D eigenvalue weighted by Gasteiger charge is 2.63. The molecule has 0 spiro atoms. The fourth-order valence-electron chi connectivity index (χ4n) is 2.56. The molecule has 0 fully saturated rings. The number of hydrogen-bond donors (Lipinski definition) is 2. The Kier molecular flexibility index (Phi) is 7.20. The van der Waals surface area contributed by atoms with Gasteiger partial charge in [0.05, 0.1) is 13.7 Å². The van der Waals surface area contributed by atoms with Crippen molar-refractivity contribution in [2.75, 3.05) is 19.0 Å². The van der Waals surface area contributed by atoms with E-state index < -0.39 is 23.7 Å². The Labute approximate surface area is 176 Å². The first-order valence-corrected chi connectivity index (χ1v) is 9.17. The van der Waals surface area contributed by atoms with Crippen molar-refractivity contribution in [1.82, 2.24) is 5.32 Å². The Morgan fingerprint density at radius 1 is 1.10 bits per heavy atom. The smallest absolute Gasteiger partial charge is 0.441 e. The first-order valence-electron chi connectivity index (χ1n) is 8.79. The highest BCUT2D eigenvalue weighted by Crippen LogP contribution is 2.35. The maximum absolute atomic E-state index is 14.2. The molecule has 0 bridgehead atoms. The van der Waals surface area contributed by atoms with E-state index >= 15 is 0 Å². The third kappa shape index (κ3) is 4.79. The van der Waals surface area contributed by atoms with Crippen LogP contribution in [0.15, 0.2) is 42.5 Å². The summed E-state index contributed by atoms with van der Waals surface area (Å²) in [6.45, 7) is 2.50.